The zero-order valence-electron chi connectivity index (χ0n) is 15.4. The van der Waals surface area contributed by atoms with Crippen molar-refractivity contribution in [3.8, 4) is 0 Å². The molecule has 1 heteroatoms. The maximum Gasteiger partial charge on any atom is 0.166 e. The summed E-state index contributed by atoms with van der Waals surface area (Å²) < 4.78 is 0. The Bertz CT molecular complexity index is 623. The van der Waals surface area contributed by atoms with E-state index in [2.05, 4.69) is 32.0 Å². The van der Waals surface area contributed by atoms with Crippen molar-refractivity contribution in [1.82, 2.24) is 0 Å². The van der Waals surface area contributed by atoms with E-state index < -0.39 is 0 Å². The minimum Gasteiger partial charge on any atom is -0.294 e. The van der Waals surface area contributed by atoms with E-state index in [9.17, 15) is 4.79 Å². The van der Waals surface area contributed by atoms with Crippen LogP contribution < -0.4 is 0 Å². The first-order valence-electron chi connectivity index (χ1n) is 9.76. The van der Waals surface area contributed by atoms with Crippen LogP contribution in [-0.2, 0) is 0 Å². The normalized spacial score (nSPS) is 12.4. The fourth-order valence-corrected chi connectivity index (χ4v) is 3.42. The molecule has 0 radical (unpaired) electrons. The van der Waals surface area contributed by atoms with E-state index in [1.54, 1.807) is 0 Å². The summed E-state index contributed by atoms with van der Waals surface area (Å²) in [6.45, 7) is 4.35. The van der Waals surface area contributed by atoms with Crippen molar-refractivity contribution in [3.63, 3.8) is 0 Å². The Balaban J connectivity index is 1.78. The highest BCUT2D eigenvalue weighted by Crippen LogP contribution is 2.23. The zero-order chi connectivity index (χ0) is 17.2. The van der Waals surface area contributed by atoms with Gasteiger partial charge in [-0.1, -0.05) is 108 Å². The van der Waals surface area contributed by atoms with Gasteiger partial charge in [0.1, 0.15) is 0 Å². The van der Waals surface area contributed by atoms with E-state index in [0.29, 0.717) is 5.78 Å². The molecule has 0 bridgehead atoms. The molecule has 0 spiro atoms. The third-order valence-corrected chi connectivity index (χ3v) is 4.99. The Hall–Kier alpha value is -1.63. The third kappa shape index (κ3) is 5.47. The number of benzene rings is 2. The molecule has 1 atom stereocenters. The summed E-state index contributed by atoms with van der Waals surface area (Å²) in [6, 6.07) is 14.2. The molecule has 2 rings (SSSR count). The van der Waals surface area contributed by atoms with E-state index >= 15 is 0 Å². The molecule has 0 saturated carbocycles. The van der Waals surface area contributed by atoms with Crippen LogP contribution in [0, 0.1) is 5.92 Å². The maximum atomic E-state index is 12.8. The van der Waals surface area contributed by atoms with Gasteiger partial charge in [-0.15, -0.1) is 0 Å². The summed E-state index contributed by atoms with van der Waals surface area (Å²) in [5, 5.41) is 2.25. The molecule has 2 aromatic carbocycles. The van der Waals surface area contributed by atoms with Crippen LogP contribution in [0.4, 0.5) is 0 Å². The molecule has 1 unspecified atom stereocenters. The minimum absolute atomic E-state index is 0.121. The second-order valence-electron chi connectivity index (χ2n) is 7.06. The first-order chi connectivity index (χ1) is 11.7. The molecule has 0 aliphatic rings. The Morgan fingerprint density at radius 3 is 2.21 bits per heavy atom. The molecule has 0 amide bonds. The third-order valence-electron chi connectivity index (χ3n) is 4.99. The van der Waals surface area contributed by atoms with Gasteiger partial charge in [-0.3, -0.25) is 4.79 Å². The predicted octanol–water partition coefficient (Wildman–Crippen LogP) is 7.19. The standard InChI is InChI=1S/C23H32O/c1-3-4-5-6-7-8-9-10-14-19(2)23(24)22-18-13-16-20-15-11-12-17-21(20)22/h11-13,15-19H,3-10,14H2,1-2H3. The number of hydrogen-bond donors (Lipinski definition) is 0. The van der Waals surface area contributed by atoms with Gasteiger partial charge in [0.05, 0.1) is 0 Å². The van der Waals surface area contributed by atoms with Crippen molar-refractivity contribution in [1.29, 1.82) is 0 Å². The smallest absolute Gasteiger partial charge is 0.166 e. The van der Waals surface area contributed by atoms with Crippen LogP contribution in [-0.4, -0.2) is 5.78 Å². The van der Waals surface area contributed by atoms with Gasteiger partial charge in [-0.05, 0) is 17.2 Å². The topological polar surface area (TPSA) is 17.1 Å². The summed E-state index contributed by atoms with van der Waals surface area (Å²) in [5.74, 6) is 0.422. The Morgan fingerprint density at radius 1 is 0.833 bits per heavy atom. The lowest BCUT2D eigenvalue weighted by molar-refractivity contribution is 0.0924. The number of hydrogen-bond acceptors (Lipinski definition) is 1. The number of ketones is 1. The summed E-state index contributed by atoms with van der Waals surface area (Å²) in [7, 11) is 0. The Labute approximate surface area is 147 Å². The molecule has 0 aromatic heterocycles. The van der Waals surface area contributed by atoms with Crippen molar-refractivity contribution in [3.05, 3.63) is 48.0 Å². The molecule has 0 fully saturated rings. The summed E-state index contributed by atoms with van der Waals surface area (Å²) in [5.41, 5.74) is 0.889. The number of carbonyl (C=O) groups is 1. The van der Waals surface area contributed by atoms with E-state index in [1.165, 1.54) is 51.4 Å². The van der Waals surface area contributed by atoms with Crippen LogP contribution >= 0.6 is 0 Å². The van der Waals surface area contributed by atoms with E-state index in [-0.39, 0.29) is 5.92 Å². The average molecular weight is 325 g/mol. The number of fused-ring (bicyclic) bond motifs is 1. The highest BCUT2D eigenvalue weighted by Gasteiger charge is 2.16. The van der Waals surface area contributed by atoms with Crippen LogP contribution in [0.1, 0.15) is 82.0 Å². The van der Waals surface area contributed by atoms with Crippen molar-refractivity contribution < 1.29 is 4.79 Å². The van der Waals surface area contributed by atoms with Gasteiger partial charge in [0.2, 0.25) is 0 Å². The van der Waals surface area contributed by atoms with Gasteiger partial charge >= 0.3 is 0 Å². The average Bonchev–Trinajstić information content (AvgIpc) is 2.62. The molecule has 1 nitrogen and oxygen atoms in total. The Morgan fingerprint density at radius 2 is 1.46 bits per heavy atom. The number of unbranched alkanes of at least 4 members (excludes halogenated alkanes) is 7. The summed E-state index contributed by atoms with van der Waals surface area (Å²) in [4.78, 5) is 12.8. The van der Waals surface area contributed by atoms with Gasteiger partial charge in [0.25, 0.3) is 0 Å². The SMILES string of the molecule is CCCCCCCCCCC(C)C(=O)c1cccc2ccccc12. The van der Waals surface area contributed by atoms with E-state index in [1.807, 2.05) is 24.3 Å². The number of rotatable bonds is 11. The molecule has 0 N–H and O–H groups in total. The van der Waals surface area contributed by atoms with Crippen LogP contribution in [0.25, 0.3) is 10.8 Å². The maximum absolute atomic E-state index is 12.8. The van der Waals surface area contributed by atoms with Crippen molar-refractivity contribution in [2.75, 3.05) is 0 Å². The fraction of sp³-hybridized carbons (Fsp3) is 0.522. The van der Waals surface area contributed by atoms with E-state index in [4.69, 9.17) is 0 Å². The molecule has 130 valence electrons. The molecule has 0 aliphatic carbocycles. The molecule has 0 aliphatic heterocycles. The minimum atomic E-state index is 0.121. The molecular weight excluding hydrogens is 292 g/mol. The monoisotopic (exact) mass is 324 g/mol. The first-order valence-corrected chi connectivity index (χ1v) is 9.76. The summed E-state index contributed by atoms with van der Waals surface area (Å²) >= 11 is 0. The second kappa shape index (κ2) is 10.3. The quantitative estimate of drug-likeness (QED) is 0.316. The van der Waals surface area contributed by atoms with E-state index in [0.717, 1.165) is 22.8 Å². The lowest BCUT2D eigenvalue weighted by Crippen LogP contribution is -2.11. The van der Waals surface area contributed by atoms with Crippen LogP contribution in [0.2, 0.25) is 0 Å². The van der Waals surface area contributed by atoms with Crippen LogP contribution in [0.3, 0.4) is 0 Å². The lowest BCUT2D eigenvalue weighted by Gasteiger charge is -2.12. The molecule has 0 saturated heterocycles. The molecule has 24 heavy (non-hydrogen) atoms. The largest absolute Gasteiger partial charge is 0.294 e. The predicted molar refractivity (Wildman–Crippen MR) is 105 cm³/mol. The lowest BCUT2D eigenvalue weighted by atomic mass is 9.91. The van der Waals surface area contributed by atoms with Crippen LogP contribution in [0.15, 0.2) is 42.5 Å². The van der Waals surface area contributed by atoms with Crippen LogP contribution in [0.5, 0.6) is 0 Å². The molecule has 0 heterocycles. The van der Waals surface area contributed by atoms with Gasteiger partial charge in [-0.2, -0.15) is 0 Å². The van der Waals surface area contributed by atoms with Gasteiger partial charge < -0.3 is 0 Å². The highest BCUT2D eigenvalue weighted by molar-refractivity contribution is 6.08. The van der Waals surface area contributed by atoms with Gasteiger partial charge in [-0.25, -0.2) is 0 Å². The fourth-order valence-electron chi connectivity index (χ4n) is 3.42. The van der Waals surface area contributed by atoms with Gasteiger partial charge in [0.15, 0.2) is 5.78 Å². The van der Waals surface area contributed by atoms with Crippen molar-refractivity contribution in [2.45, 2.75) is 71.6 Å². The number of carbonyl (C=O) groups excluding carboxylic acids is 1. The van der Waals surface area contributed by atoms with Crippen molar-refractivity contribution in [2.24, 2.45) is 5.92 Å². The Kier molecular flexibility index (Phi) is 8.01. The highest BCUT2D eigenvalue weighted by atomic mass is 16.1. The summed E-state index contributed by atoms with van der Waals surface area (Å²) in [6.07, 6.45) is 11.6. The number of Topliss-reactive ketones (excluding diaryl/α,β-unsaturated/α-hetero) is 1. The first kappa shape index (κ1) is 18.7. The second-order valence-corrected chi connectivity index (χ2v) is 7.06. The van der Waals surface area contributed by atoms with Gasteiger partial charge in [0, 0.05) is 11.5 Å². The van der Waals surface area contributed by atoms with Crippen molar-refractivity contribution >= 4 is 16.6 Å². The molecule has 2 aromatic rings. The zero-order valence-corrected chi connectivity index (χ0v) is 15.4. The molecular formula is C23H32O.